The Kier molecular flexibility index (Phi) is 4.79. The third-order valence-electron chi connectivity index (χ3n) is 3.40. The van der Waals surface area contributed by atoms with Gasteiger partial charge in [-0.25, -0.2) is 4.79 Å². The Morgan fingerprint density at radius 2 is 1.80 bits per heavy atom. The third kappa shape index (κ3) is 3.84. The molecule has 3 rings (SSSR count). The quantitative estimate of drug-likeness (QED) is 0.656. The summed E-state index contributed by atoms with van der Waals surface area (Å²) in [4.78, 5) is 23.3. The first kappa shape index (κ1) is 17.1. The normalized spacial score (nSPS) is 10.5. The minimum Gasteiger partial charge on any atom is -0.478 e. The van der Waals surface area contributed by atoms with Crippen molar-refractivity contribution in [2.75, 3.05) is 5.32 Å². The number of rotatable bonds is 4. The van der Waals surface area contributed by atoms with Gasteiger partial charge in [-0.15, -0.1) is 0 Å². The molecule has 5 nitrogen and oxygen atoms in total. The van der Waals surface area contributed by atoms with Crippen molar-refractivity contribution in [1.29, 1.82) is 0 Å². The van der Waals surface area contributed by atoms with Gasteiger partial charge in [-0.05, 0) is 42.5 Å². The minimum atomic E-state index is -1.12. The lowest BCUT2D eigenvalue weighted by Gasteiger charge is -2.07. The van der Waals surface area contributed by atoms with Crippen molar-refractivity contribution in [2.45, 2.75) is 0 Å². The average molecular weight is 376 g/mol. The van der Waals surface area contributed by atoms with Gasteiger partial charge in [0.2, 0.25) is 0 Å². The maximum Gasteiger partial charge on any atom is 0.335 e. The van der Waals surface area contributed by atoms with E-state index in [1.165, 1.54) is 24.3 Å². The molecule has 0 aliphatic rings. The van der Waals surface area contributed by atoms with Crippen LogP contribution in [0.3, 0.4) is 0 Å². The van der Waals surface area contributed by atoms with Gasteiger partial charge in [-0.1, -0.05) is 35.3 Å². The van der Waals surface area contributed by atoms with E-state index in [4.69, 9.17) is 32.7 Å². The third-order valence-corrected chi connectivity index (χ3v) is 3.97. The molecule has 0 radical (unpaired) electrons. The highest BCUT2D eigenvalue weighted by atomic mass is 35.5. The Hall–Kier alpha value is -2.76. The van der Waals surface area contributed by atoms with E-state index in [0.29, 0.717) is 10.8 Å². The highest BCUT2D eigenvalue weighted by Crippen LogP contribution is 2.27. The number of carboxylic acid groups (broad SMARTS) is 1. The van der Waals surface area contributed by atoms with Crippen LogP contribution in [0.2, 0.25) is 10.0 Å². The molecular weight excluding hydrogens is 365 g/mol. The van der Waals surface area contributed by atoms with Crippen LogP contribution < -0.4 is 5.32 Å². The van der Waals surface area contributed by atoms with Crippen LogP contribution in [0.1, 0.15) is 20.9 Å². The molecule has 7 heteroatoms. The summed E-state index contributed by atoms with van der Waals surface area (Å²) in [6.45, 7) is 0. The predicted octanol–water partition coefficient (Wildman–Crippen LogP) is 5.20. The molecule has 3 aromatic rings. The van der Waals surface area contributed by atoms with Gasteiger partial charge >= 0.3 is 5.97 Å². The minimum absolute atomic E-state index is 0.0127. The average Bonchev–Trinajstić information content (AvgIpc) is 3.07. The number of carbonyl (C=O) groups is 2. The molecule has 2 aromatic carbocycles. The lowest BCUT2D eigenvalue weighted by molar-refractivity contribution is 0.0696. The highest BCUT2D eigenvalue weighted by Gasteiger charge is 2.15. The number of carboxylic acids is 1. The van der Waals surface area contributed by atoms with Gasteiger partial charge in [0, 0.05) is 10.6 Å². The van der Waals surface area contributed by atoms with Crippen molar-refractivity contribution in [1.82, 2.24) is 0 Å². The van der Waals surface area contributed by atoms with Gasteiger partial charge in [0.05, 0.1) is 16.3 Å². The van der Waals surface area contributed by atoms with E-state index in [0.717, 1.165) is 5.56 Å². The van der Waals surface area contributed by atoms with Gasteiger partial charge in [0.15, 0.2) is 5.76 Å². The molecule has 0 aliphatic carbocycles. The number of carbonyl (C=O) groups excluding carboxylic acids is 1. The maximum absolute atomic E-state index is 12.3. The van der Waals surface area contributed by atoms with Crippen LogP contribution in [0.25, 0.3) is 11.3 Å². The standard InChI is InChI=1S/C18H11Cl2NO4/c19-12-3-1-2-10(8-12)15-6-7-16(25-15)17(22)21-14-9-11(18(23)24)4-5-13(14)20/h1-9H,(H,21,22)(H,23,24). The van der Waals surface area contributed by atoms with Crippen LogP contribution in [0.5, 0.6) is 0 Å². The second kappa shape index (κ2) is 7.01. The Bertz CT molecular complexity index is 965. The topological polar surface area (TPSA) is 79.5 Å². The molecule has 1 aromatic heterocycles. The summed E-state index contributed by atoms with van der Waals surface area (Å²) < 4.78 is 5.55. The molecule has 0 atom stereocenters. The van der Waals surface area contributed by atoms with Gasteiger partial charge in [0.1, 0.15) is 5.76 Å². The maximum atomic E-state index is 12.3. The van der Waals surface area contributed by atoms with Crippen molar-refractivity contribution < 1.29 is 19.1 Å². The largest absolute Gasteiger partial charge is 0.478 e. The van der Waals surface area contributed by atoms with Crippen LogP contribution in [0.15, 0.2) is 59.0 Å². The summed E-state index contributed by atoms with van der Waals surface area (Å²) in [5.41, 5.74) is 0.934. The van der Waals surface area contributed by atoms with Crippen molar-refractivity contribution in [3.05, 3.63) is 76.0 Å². The Morgan fingerprint density at radius 1 is 1.00 bits per heavy atom. The lowest BCUT2D eigenvalue weighted by atomic mass is 10.2. The molecule has 2 N–H and O–H groups in total. The molecule has 0 spiro atoms. The summed E-state index contributed by atoms with van der Waals surface area (Å²) in [5.74, 6) is -1.11. The van der Waals surface area contributed by atoms with Crippen molar-refractivity contribution in [3.63, 3.8) is 0 Å². The smallest absolute Gasteiger partial charge is 0.335 e. The van der Waals surface area contributed by atoms with Gasteiger partial charge in [-0.2, -0.15) is 0 Å². The summed E-state index contributed by atoms with van der Waals surface area (Å²) in [6, 6.07) is 14.2. The van der Waals surface area contributed by atoms with Crippen molar-refractivity contribution >= 4 is 40.8 Å². The molecule has 0 fully saturated rings. The predicted molar refractivity (Wildman–Crippen MR) is 95.5 cm³/mol. The Morgan fingerprint density at radius 3 is 2.52 bits per heavy atom. The summed E-state index contributed by atoms with van der Waals surface area (Å²) in [6.07, 6.45) is 0. The number of anilines is 1. The molecule has 0 saturated heterocycles. The lowest BCUT2D eigenvalue weighted by Crippen LogP contribution is -2.12. The fraction of sp³-hybridized carbons (Fsp3) is 0. The van der Waals surface area contributed by atoms with Crippen molar-refractivity contribution in [3.8, 4) is 11.3 Å². The molecule has 0 aliphatic heterocycles. The fourth-order valence-corrected chi connectivity index (χ4v) is 2.55. The number of hydrogen-bond acceptors (Lipinski definition) is 3. The first-order chi connectivity index (χ1) is 11.9. The number of amides is 1. The van der Waals surface area contributed by atoms with E-state index in [2.05, 4.69) is 5.32 Å². The number of halogens is 2. The van der Waals surface area contributed by atoms with Gasteiger partial charge in [-0.3, -0.25) is 4.79 Å². The van der Waals surface area contributed by atoms with E-state index >= 15 is 0 Å². The zero-order chi connectivity index (χ0) is 18.0. The summed E-state index contributed by atoms with van der Waals surface area (Å²) in [5, 5.41) is 12.3. The SMILES string of the molecule is O=C(O)c1ccc(Cl)c(NC(=O)c2ccc(-c3cccc(Cl)c3)o2)c1. The van der Waals surface area contributed by atoms with E-state index in [1.54, 1.807) is 30.3 Å². The monoisotopic (exact) mass is 375 g/mol. The van der Waals surface area contributed by atoms with E-state index in [-0.39, 0.29) is 22.0 Å². The molecular formula is C18H11Cl2NO4. The number of aromatic carboxylic acids is 1. The molecule has 1 heterocycles. The summed E-state index contributed by atoms with van der Waals surface area (Å²) in [7, 11) is 0. The summed E-state index contributed by atoms with van der Waals surface area (Å²) >= 11 is 11.9. The zero-order valence-electron chi connectivity index (χ0n) is 12.6. The van der Waals surface area contributed by atoms with E-state index < -0.39 is 11.9 Å². The number of furan rings is 1. The van der Waals surface area contributed by atoms with Crippen molar-refractivity contribution in [2.24, 2.45) is 0 Å². The van der Waals surface area contributed by atoms with E-state index in [9.17, 15) is 9.59 Å². The molecule has 0 unspecified atom stereocenters. The Balaban J connectivity index is 1.83. The number of hydrogen-bond donors (Lipinski definition) is 2. The molecule has 25 heavy (non-hydrogen) atoms. The van der Waals surface area contributed by atoms with Gasteiger partial charge in [0.25, 0.3) is 5.91 Å². The van der Waals surface area contributed by atoms with Crippen LogP contribution in [-0.4, -0.2) is 17.0 Å². The first-order valence-corrected chi connectivity index (χ1v) is 7.89. The second-order valence-electron chi connectivity index (χ2n) is 5.13. The van der Waals surface area contributed by atoms with Crippen LogP contribution in [-0.2, 0) is 0 Å². The first-order valence-electron chi connectivity index (χ1n) is 7.14. The van der Waals surface area contributed by atoms with E-state index in [1.807, 2.05) is 0 Å². The van der Waals surface area contributed by atoms with Crippen LogP contribution in [0.4, 0.5) is 5.69 Å². The Labute approximate surface area is 152 Å². The zero-order valence-corrected chi connectivity index (χ0v) is 14.1. The second-order valence-corrected chi connectivity index (χ2v) is 5.97. The fourth-order valence-electron chi connectivity index (χ4n) is 2.19. The molecule has 0 saturated carbocycles. The van der Waals surface area contributed by atoms with Gasteiger partial charge < -0.3 is 14.8 Å². The van der Waals surface area contributed by atoms with Crippen LogP contribution in [0, 0.1) is 0 Å². The number of nitrogens with one attached hydrogen (secondary N) is 1. The molecule has 126 valence electrons. The molecule has 0 bridgehead atoms. The van der Waals surface area contributed by atoms with Crippen LogP contribution >= 0.6 is 23.2 Å². The highest BCUT2D eigenvalue weighted by molar-refractivity contribution is 6.34. The number of benzene rings is 2. The molecule has 1 amide bonds.